The van der Waals surface area contributed by atoms with E-state index in [4.69, 9.17) is 9.84 Å². The molecule has 0 aromatic heterocycles. The number of hydrogen-bond donors (Lipinski definition) is 2. The zero-order valence-electron chi connectivity index (χ0n) is 11.9. The van der Waals surface area contributed by atoms with Crippen molar-refractivity contribution in [2.45, 2.75) is 51.1 Å². The maximum Gasteiger partial charge on any atom is 0.419 e. The Morgan fingerprint density at radius 3 is 2.67 bits per heavy atom. The number of benzene rings is 1. The molecule has 0 radical (unpaired) electrons. The van der Waals surface area contributed by atoms with Crippen LogP contribution in [0.1, 0.15) is 37.3 Å². The largest absolute Gasteiger partial charge is 0.493 e. The van der Waals surface area contributed by atoms with E-state index in [9.17, 15) is 13.2 Å². The number of nitrogens with one attached hydrogen (secondary N) is 1. The second-order valence-electron chi connectivity index (χ2n) is 5.47. The van der Waals surface area contributed by atoms with Gasteiger partial charge in [-0.1, -0.05) is 6.07 Å². The molecule has 1 atom stereocenters. The Balaban J connectivity index is 2.06. The Morgan fingerprint density at radius 1 is 1.38 bits per heavy atom. The van der Waals surface area contributed by atoms with E-state index in [1.165, 1.54) is 6.07 Å². The lowest BCUT2D eigenvalue weighted by Crippen LogP contribution is -2.17. The molecular weight excluding hydrogens is 283 g/mol. The Morgan fingerprint density at radius 2 is 2.10 bits per heavy atom. The second-order valence-corrected chi connectivity index (χ2v) is 5.47. The molecule has 0 heterocycles. The average Bonchev–Trinajstić information content (AvgIpc) is 3.19. The van der Waals surface area contributed by atoms with Gasteiger partial charge in [0, 0.05) is 19.0 Å². The molecule has 1 unspecified atom stereocenters. The topological polar surface area (TPSA) is 41.5 Å². The lowest BCUT2D eigenvalue weighted by molar-refractivity contribution is -0.139. The minimum atomic E-state index is -4.45. The Bertz CT molecular complexity index is 470. The van der Waals surface area contributed by atoms with Gasteiger partial charge in [-0.25, -0.2) is 0 Å². The van der Waals surface area contributed by atoms with Crippen molar-refractivity contribution in [3.8, 4) is 5.75 Å². The third-order valence-electron chi connectivity index (χ3n) is 3.31. The molecule has 118 valence electrons. The van der Waals surface area contributed by atoms with Gasteiger partial charge in [-0.15, -0.1) is 0 Å². The predicted octanol–water partition coefficient (Wildman–Crippen LogP) is 3.11. The molecule has 2 N–H and O–H groups in total. The van der Waals surface area contributed by atoms with Gasteiger partial charge in [-0.3, -0.25) is 0 Å². The number of rotatable bonds is 7. The maximum absolute atomic E-state index is 13.1. The highest BCUT2D eigenvalue weighted by Crippen LogP contribution is 2.37. The SMILES string of the molecule is CC(O)CCOc1ccc(CNC2CC2)cc1C(F)(F)F. The molecule has 1 aliphatic rings. The molecule has 0 spiro atoms. The van der Waals surface area contributed by atoms with Gasteiger partial charge in [0.25, 0.3) is 0 Å². The van der Waals surface area contributed by atoms with Crippen molar-refractivity contribution in [1.29, 1.82) is 0 Å². The Kier molecular flexibility index (Phi) is 5.11. The Labute approximate surface area is 122 Å². The number of halogens is 3. The highest BCUT2D eigenvalue weighted by Gasteiger charge is 2.34. The summed E-state index contributed by atoms with van der Waals surface area (Å²) >= 11 is 0. The minimum absolute atomic E-state index is 0.0560. The Hall–Kier alpha value is -1.27. The first-order valence-corrected chi connectivity index (χ1v) is 7.10. The quantitative estimate of drug-likeness (QED) is 0.813. The lowest BCUT2D eigenvalue weighted by atomic mass is 10.1. The maximum atomic E-state index is 13.1. The molecule has 0 aliphatic heterocycles. The number of aliphatic hydroxyl groups is 1. The standard InChI is InChI=1S/C15H20F3NO2/c1-10(20)6-7-21-14-5-2-11(9-19-12-3-4-12)8-13(14)15(16,17)18/h2,5,8,10,12,19-20H,3-4,6-7,9H2,1H3. The van der Waals surface area contributed by atoms with E-state index in [0.29, 0.717) is 24.6 Å². The van der Waals surface area contributed by atoms with E-state index in [2.05, 4.69) is 5.32 Å². The summed E-state index contributed by atoms with van der Waals surface area (Å²) in [5.74, 6) is -0.182. The number of hydrogen-bond acceptors (Lipinski definition) is 3. The van der Waals surface area contributed by atoms with Gasteiger partial charge in [0.15, 0.2) is 0 Å². The molecule has 1 fully saturated rings. The van der Waals surface area contributed by atoms with E-state index in [1.54, 1.807) is 13.0 Å². The van der Waals surface area contributed by atoms with Crippen molar-refractivity contribution < 1.29 is 23.0 Å². The van der Waals surface area contributed by atoms with Crippen LogP contribution in [-0.4, -0.2) is 23.9 Å². The van der Waals surface area contributed by atoms with E-state index >= 15 is 0 Å². The monoisotopic (exact) mass is 303 g/mol. The third kappa shape index (κ3) is 5.21. The van der Waals surface area contributed by atoms with Crippen molar-refractivity contribution in [1.82, 2.24) is 5.32 Å². The summed E-state index contributed by atoms with van der Waals surface area (Å²) in [5.41, 5.74) is -0.166. The van der Waals surface area contributed by atoms with Crippen LogP contribution in [0, 0.1) is 0 Å². The molecule has 21 heavy (non-hydrogen) atoms. The fourth-order valence-corrected chi connectivity index (χ4v) is 1.92. The van der Waals surface area contributed by atoms with Crippen LogP contribution in [0.4, 0.5) is 13.2 Å². The molecule has 6 heteroatoms. The molecule has 0 saturated heterocycles. The zero-order chi connectivity index (χ0) is 15.5. The van der Waals surface area contributed by atoms with Crippen molar-refractivity contribution >= 4 is 0 Å². The predicted molar refractivity (Wildman–Crippen MR) is 73.1 cm³/mol. The lowest BCUT2D eigenvalue weighted by Gasteiger charge is -2.16. The average molecular weight is 303 g/mol. The molecular formula is C15H20F3NO2. The number of aliphatic hydroxyl groups excluding tert-OH is 1. The van der Waals surface area contributed by atoms with E-state index < -0.39 is 17.8 Å². The van der Waals surface area contributed by atoms with Crippen molar-refractivity contribution in [3.63, 3.8) is 0 Å². The van der Waals surface area contributed by atoms with Crippen LogP contribution >= 0.6 is 0 Å². The van der Waals surface area contributed by atoms with Gasteiger partial charge < -0.3 is 15.2 Å². The molecule has 1 aromatic rings. The summed E-state index contributed by atoms with van der Waals surface area (Å²) in [6.07, 6.45) is -2.57. The fourth-order valence-electron chi connectivity index (χ4n) is 1.92. The fraction of sp³-hybridized carbons (Fsp3) is 0.600. The highest BCUT2D eigenvalue weighted by atomic mass is 19.4. The molecule has 2 rings (SSSR count). The normalized spacial score (nSPS) is 16.8. The molecule has 1 aliphatic carbocycles. The summed E-state index contributed by atoms with van der Waals surface area (Å²) in [5, 5.41) is 12.3. The minimum Gasteiger partial charge on any atom is -0.493 e. The van der Waals surface area contributed by atoms with Gasteiger partial charge in [-0.05, 0) is 37.5 Å². The van der Waals surface area contributed by atoms with Gasteiger partial charge in [0.05, 0.1) is 18.3 Å². The van der Waals surface area contributed by atoms with E-state index in [1.807, 2.05) is 0 Å². The summed E-state index contributed by atoms with van der Waals surface area (Å²) in [6, 6.07) is 4.57. The van der Waals surface area contributed by atoms with Crippen LogP contribution in [0.15, 0.2) is 18.2 Å². The number of ether oxygens (including phenoxy) is 1. The summed E-state index contributed by atoms with van der Waals surface area (Å²) in [6.45, 7) is 2.06. The second kappa shape index (κ2) is 6.66. The molecule has 1 saturated carbocycles. The van der Waals surface area contributed by atoms with E-state index in [-0.39, 0.29) is 12.4 Å². The zero-order valence-corrected chi connectivity index (χ0v) is 11.9. The van der Waals surface area contributed by atoms with Gasteiger partial charge in [-0.2, -0.15) is 13.2 Å². The summed E-state index contributed by atoms with van der Waals surface area (Å²) in [7, 11) is 0. The van der Waals surface area contributed by atoms with Crippen LogP contribution in [-0.2, 0) is 12.7 Å². The van der Waals surface area contributed by atoms with Crippen LogP contribution in [0.5, 0.6) is 5.75 Å². The van der Waals surface area contributed by atoms with Crippen LogP contribution < -0.4 is 10.1 Å². The van der Waals surface area contributed by atoms with Crippen molar-refractivity contribution in [2.75, 3.05) is 6.61 Å². The smallest absolute Gasteiger partial charge is 0.419 e. The number of alkyl halides is 3. The van der Waals surface area contributed by atoms with Crippen LogP contribution in [0.3, 0.4) is 0 Å². The first kappa shape index (κ1) is 16.1. The first-order valence-electron chi connectivity index (χ1n) is 7.10. The van der Waals surface area contributed by atoms with Crippen molar-refractivity contribution in [2.24, 2.45) is 0 Å². The highest BCUT2D eigenvalue weighted by molar-refractivity contribution is 5.39. The molecule has 3 nitrogen and oxygen atoms in total. The molecule has 0 amide bonds. The van der Waals surface area contributed by atoms with Gasteiger partial charge >= 0.3 is 6.18 Å². The summed E-state index contributed by atoms with van der Waals surface area (Å²) < 4.78 is 44.4. The third-order valence-corrected chi connectivity index (χ3v) is 3.31. The van der Waals surface area contributed by atoms with Crippen molar-refractivity contribution in [3.05, 3.63) is 29.3 Å². The van der Waals surface area contributed by atoms with E-state index in [0.717, 1.165) is 18.9 Å². The van der Waals surface area contributed by atoms with Crippen LogP contribution in [0.25, 0.3) is 0 Å². The summed E-state index contributed by atoms with van der Waals surface area (Å²) in [4.78, 5) is 0. The molecule has 1 aromatic carbocycles. The van der Waals surface area contributed by atoms with Gasteiger partial charge in [0.1, 0.15) is 5.75 Å². The molecule has 0 bridgehead atoms. The van der Waals surface area contributed by atoms with Gasteiger partial charge in [0.2, 0.25) is 0 Å². The van der Waals surface area contributed by atoms with Crippen LogP contribution in [0.2, 0.25) is 0 Å². The first-order chi connectivity index (χ1) is 9.86.